The fourth-order valence-electron chi connectivity index (χ4n) is 5.27. The summed E-state index contributed by atoms with van der Waals surface area (Å²) in [6, 6.07) is 11.9. The largest absolute Gasteiger partial charge is 0.497 e. The van der Waals surface area contributed by atoms with E-state index >= 15 is 0 Å². The van der Waals surface area contributed by atoms with Crippen molar-refractivity contribution < 1.29 is 29.0 Å². The van der Waals surface area contributed by atoms with Crippen molar-refractivity contribution in [2.45, 2.75) is 65.2 Å². The molecule has 0 radical (unpaired) electrons. The maximum Gasteiger partial charge on any atom is 0.314 e. The zero-order valence-corrected chi connectivity index (χ0v) is 25.9. The van der Waals surface area contributed by atoms with Crippen molar-refractivity contribution in [3.05, 3.63) is 58.7 Å². The minimum absolute atomic E-state index is 0.111. The molecule has 232 valence electrons. The van der Waals surface area contributed by atoms with E-state index in [2.05, 4.69) is 0 Å². The molecular weight excluding hydrogens is 572 g/mol. The molecule has 0 spiro atoms. The number of methoxy groups -OCH3 is 1. The number of primary amides is 1. The lowest BCUT2D eigenvalue weighted by atomic mass is 10.1. The van der Waals surface area contributed by atoms with Gasteiger partial charge in [0.1, 0.15) is 5.75 Å². The van der Waals surface area contributed by atoms with Crippen LogP contribution in [0.5, 0.6) is 5.75 Å². The number of hydrogen-bond acceptors (Lipinski definition) is 5. The number of hydrogen-bond donors (Lipinski definition) is 2. The van der Waals surface area contributed by atoms with Crippen molar-refractivity contribution in [1.29, 1.82) is 0 Å². The van der Waals surface area contributed by atoms with Crippen molar-refractivity contribution in [3.63, 3.8) is 0 Å². The number of unbranched alkanes of at least 4 members (excludes halogenated alkanes) is 4. The Balaban J connectivity index is 0.000000546. The molecule has 4 rings (SSSR count). The molecule has 11 heteroatoms. The zero-order valence-electron chi connectivity index (χ0n) is 25.1. The highest BCUT2D eigenvalue weighted by Gasteiger charge is 2.25. The van der Waals surface area contributed by atoms with E-state index in [-0.39, 0.29) is 24.3 Å². The topological polar surface area (TPSA) is 135 Å². The van der Waals surface area contributed by atoms with E-state index in [4.69, 9.17) is 27.2 Å². The molecule has 1 aliphatic heterocycles. The van der Waals surface area contributed by atoms with Crippen LogP contribution in [0.1, 0.15) is 74.3 Å². The lowest BCUT2D eigenvalue weighted by Gasteiger charge is -2.22. The number of nitrogens with zero attached hydrogens (tertiary/aromatic N) is 3. The Morgan fingerprint density at radius 3 is 2.16 bits per heavy atom. The first-order chi connectivity index (χ1) is 20.5. The van der Waals surface area contributed by atoms with Gasteiger partial charge in [-0.1, -0.05) is 30.9 Å². The number of ether oxygens (including phenoxy) is 1. The first-order valence-electron chi connectivity index (χ1n) is 14.6. The summed E-state index contributed by atoms with van der Waals surface area (Å²) >= 11 is 6.00. The molecule has 1 fully saturated rings. The average molecular weight is 613 g/mol. The predicted octanol–water partition coefficient (Wildman–Crippen LogP) is 6.24. The number of carboxylic acid groups (broad SMARTS) is 1. The van der Waals surface area contributed by atoms with Crippen LogP contribution in [0.15, 0.2) is 42.5 Å². The fraction of sp³-hybridized carbons (Fsp3) is 0.438. The van der Waals surface area contributed by atoms with E-state index in [0.29, 0.717) is 46.2 Å². The third-order valence-electron chi connectivity index (χ3n) is 7.51. The summed E-state index contributed by atoms with van der Waals surface area (Å²) in [5, 5.41) is 10.1. The van der Waals surface area contributed by atoms with Crippen molar-refractivity contribution in [2.24, 2.45) is 5.73 Å². The highest BCUT2D eigenvalue weighted by Crippen LogP contribution is 2.37. The number of halogens is 1. The average Bonchev–Trinajstić information content (AvgIpc) is 3.61. The van der Waals surface area contributed by atoms with Gasteiger partial charge in [0, 0.05) is 54.6 Å². The third-order valence-corrected chi connectivity index (χ3v) is 7.76. The summed E-state index contributed by atoms with van der Waals surface area (Å²) in [4.78, 5) is 50.7. The van der Waals surface area contributed by atoms with Crippen LogP contribution in [0, 0.1) is 6.92 Å². The lowest BCUT2D eigenvalue weighted by molar-refractivity contribution is -0.137. The van der Waals surface area contributed by atoms with Crippen LogP contribution in [-0.2, 0) is 9.59 Å². The summed E-state index contributed by atoms with van der Waals surface area (Å²) in [6.07, 6.45) is 6.47. The van der Waals surface area contributed by atoms with Gasteiger partial charge in [-0.15, -0.1) is 0 Å². The number of carbonyl (C=O) groups is 4. The van der Waals surface area contributed by atoms with Gasteiger partial charge in [0.2, 0.25) is 5.91 Å². The van der Waals surface area contributed by atoms with Crippen LogP contribution in [0.25, 0.3) is 10.9 Å². The van der Waals surface area contributed by atoms with Gasteiger partial charge in [0.25, 0.3) is 5.91 Å². The second kappa shape index (κ2) is 16.0. The normalized spacial score (nSPS) is 12.5. The molecule has 1 aliphatic rings. The Morgan fingerprint density at radius 2 is 1.60 bits per heavy atom. The summed E-state index contributed by atoms with van der Waals surface area (Å²) in [6.45, 7) is 5.58. The maximum absolute atomic E-state index is 13.5. The van der Waals surface area contributed by atoms with Crippen LogP contribution < -0.4 is 15.4 Å². The second-order valence-corrected chi connectivity index (χ2v) is 11.0. The number of aliphatic carboxylic acids is 1. The second-order valence-electron chi connectivity index (χ2n) is 10.6. The Hall–Kier alpha value is -4.05. The molecule has 43 heavy (non-hydrogen) atoms. The quantitative estimate of drug-likeness (QED) is 0.246. The Bertz CT molecular complexity index is 1430. The minimum atomic E-state index is -0.775. The number of rotatable bonds is 11. The lowest BCUT2D eigenvalue weighted by Crippen LogP contribution is -2.32. The number of carbonyl (C=O) groups excluding carboxylic acids is 3. The van der Waals surface area contributed by atoms with Gasteiger partial charge in [0.15, 0.2) is 0 Å². The summed E-state index contributed by atoms with van der Waals surface area (Å²) < 4.78 is 7.06. The van der Waals surface area contributed by atoms with E-state index in [1.807, 2.05) is 19.1 Å². The number of amides is 3. The van der Waals surface area contributed by atoms with Gasteiger partial charge in [0.05, 0.1) is 18.3 Å². The molecule has 0 unspecified atom stereocenters. The van der Waals surface area contributed by atoms with E-state index in [1.165, 1.54) is 6.92 Å². The molecule has 1 saturated heterocycles. The van der Waals surface area contributed by atoms with E-state index < -0.39 is 5.97 Å². The highest BCUT2D eigenvalue weighted by atomic mass is 35.5. The van der Waals surface area contributed by atoms with Crippen LogP contribution in [0.3, 0.4) is 0 Å². The smallest absolute Gasteiger partial charge is 0.314 e. The van der Waals surface area contributed by atoms with Crippen LogP contribution in [0.4, 0.5) is 10.5 Å². The molecular formula is C32H41ClN4O6. The standard InChI is InChI=1S/C27H31ClN2O5.C5H10N2O/c1-18-26(29(19(2)31)16-8-6-4-5-7-9-25(32)33)23-17-22(35-3)14-15-24(23)30(18)27(34)20-10-12-21(28)13-11-20;6-5(8)7-3-1-2-4-7/h10-15,17H,4-9,16H2,1-3H3,(H,32,33);1-4H2,(H2,6,8). The molecule has 2 heterocycles. The molecule has 10 nitrogen and oxygen atoms in total. The molecule has 3 N–H and O–H groups in total. The first kappa shape index (κ1) is 33.5. The van der Waals surface area contributed by atoms with Crippen molar-refractivity contribution in [3.8, 4) is 5.75 Å². The number of fused-ring (bicyclic) bond motifs is 1. The van der Waals surface area contributed by atoms with E-state index in [1.54, 1.807) is 51.8 Å². The van der Waals surface area contributed by atoms with Crippen molar-refractivity contribution in [2.75, 3.05) is 31.6 Å². The zero-order chi connectivity index (χ0) is 31.5. The van der Waals surface area contributed by atoms with Crippen LogP contribution >= 0.6 is 11.6 Å². The minimum Gasteiger partial charge on any atom is -0.497 e. The van der Waals surface area contributed by atoms with Crippen molar-refractivity contribution in [1.82, 2.24) is 9.47 Å². The number of urea groups is 1. The Morgan fingerprint density at radius 1 is 0.977 bits per heavy atom. The molecule has 0 bridgehead atoms. The number of anilines is 1. The summed E-state index contributed by atoms with van der Waals surface area (Å²) in [7, 11) is 1.58. The van der Waals surface area contributed by atoms with Crippen LogP contribution in [0.2, 0.25) is 5.02 Å². The molecule has 0 atom stereocenters. The van der Waals surface area contributed by atoms with E-state index in [0.717, 1.165) is 57.0 Å². The van der Waals surface area contributed by atoms with Gasteiger partial charge in [-0.25, -0.2) is 4.79 Å². The Labute approximate surface area is 257 Å². The molecule has 3 aromatic rings. The number of nitrogens with two attached hydrogens (primary N) is 1. The summed E-state index contributed by atoms with van der Waals surface area (Å²) in [5.74, 6) is -0.456. The summed E-state index contributed by atoms with van der Waals surface area (Å²) in [5.41, 5.74) is 7.54. The first-order valence-corrected chi connectivity index (χ1v) is 15.0. The molecule has 0 aliphatic carbocycles. The van der Waals surface area contributed by atoms with E-state index in [9.17, 15) is 19.2 Å². The van der Waals surface area contributed by atoms with Gasteiger partial charge in [-0.3, -0.25) is 19.0 Å². The van der Waals surface area contributed by atoms with Gasteiger partial charge >= 0.3 is 12.0 Å². The van der Waals surface area contributed by atoms with Gasteiger partial charge in [-0.05, 0) is 75.1 Å². The number of aromatic nitrogens is 1. The molecule has 0 saturated carbocycles. The van der Waals surface area contributed by atoms with Gasteiger partial charge in [-0.2, -0.15) is 0 Å². The monoisotopic (exact) mass is 612 g/mol. The number of likely N-dealkylation sites (tertiary alicyclic amines) is 1. The molecule has 3 amide bonds. The molecule has 1 aromatic heterocycles. The van der Waals surface area contributed by atoms with Crippen molar-refractivity contribution >= 4 is 52.0 Å². The third kappa shape index (κ3) is 8.97. The maximum atomic E-state index is 13.5. The number of benzene rings is 2. The highest BCUT2D eigenvalue weighted by molar-refractivity contribution is 6.30. The Kier molecular flexibility index (Phi) is 12.4. The fourth-order valence-corrected chi connectivity index (χ4v) is 5.40. The van der Waals surface area contributed by atoms with Gasteiger partial charge < -0.3 is 25.4 Å². The van der Waals surface area contributed by atoms with Crippen LogP contribution in [-0.4, -0.2) is 65.1 Å². The SMILES string of the molecule is COc1ccc2c(c1)c(N(CCCCCCCC(=O)O)C(C)=O)c(C)n2C(=O)c1ccc(Cl)cc1.NC(=O)N1CCCC1. The number of carboxylic acids is 1. The predicted molar refractivity (Wildman–Crippen MR) is 168 cm³/mol. The molecule has 2 aromatic carbocycles.